The van der Waals surface area contributed by atoms with Crippen LogP contribution in [0.4, 0.5) is 0 Å². The van der Waals surface area contributed by atoms with Crippen LogP contribution in [0, 0.1) is 12.3 Å². The van der Waals surface area contributed by atoms with Gasteiger partial charge in [-0.2, -0.15) is 0 Å². The van der Waals surface area contributed by atoms with Crippen molar-refractivity contribution in [3.63, 3.8) is 0 Å². The minimum Gasteiger partial charge on any atom is -0.497 e. The topological polar surface area (TPSA) is 21.3 Å². The fraction of sp³-hybridized carbons (Fsp3) is 0.500. The molecule has 0 radical (unpaired) electrons. The molecular weight excluding hydrogens is 254 g/mol. The third-order valence-corrected chi connectivity index (χ3v) is 3.81. The predicted molar refractivity (Wildman–Crippen MR) is 84.9 cm³/mol. The van der Waals surface area contributed by atoms with Crippen molar-refractivity contribution in [1.82, 2.24) is 5.32 Å². The molecule has 0 aliphatic carbocycles. The van der Waals surface area contributed by atoms with Crippen molar-refractivity contribution in [2.75, 3.05) is 25.2 Å². The van der Waals surface area contributed by atoms with Gasteiger partial charge in [-0.1, -0.05) is 18.1 Å². The van der Waals surface area contributed by atoms with Crippen molar-refractivity contribution in [3.8, 4) is 18.1 Å². The fourth-order valence-corrected chi connectivity index (χ4v) is 2.31. The molecular formula is C16H23NOS. The van der Waals surface area contributed by atoms with E-state index in [-0.39, 0.29) is 0 Å². The highest BCUT2D eigenvalue weighted by Gasteiger charge is 2.02. The van der Waals surface area contributed by atoms with E-state index in [1.54, 1.807) is 18.9 Å². The highest BCUT2D eigenvalue weighted by Crippen LogP contribution is 2.13. The molecule has 104 valence electrons. The monoisotopic (exact) mass is 277 g/mol. The third-order valence-electron chi connectivity index (χ3n) is 2.95. The average molecular weight is 277 g/mol. The number of nitrogens with one attached hydrogen (secondary N) is 1. The second-order valence-corrected chi connectivity index (χ2v) is 5.60. The van der Waals surface area contributed by atoms with Gasteiger partial charge in [0, 0.05) is 18.3 Å². The van der Waals surface area contributed by atoms with Crippen LogP contribution in [-0.2, 0) is 6.42 Å². The van der Waals surface area contributed by atoms with Crippen molar-refractivity contribution in [2.45, 2.75) is 25.8 Å². The first-order valence-corrected chi connectivity index (χ1v) is 7.79. The maximum Gasteiger partial charge on any atom is 0.118 e. The minimum absolute atomic E-state index is 0.536. The molecule has 19 heavy (non-hydrogen) atoms. The molecule has 1 aromatic carbocycles. The number of terminal acetylenes is 1. The fourth-order valence-electron chi connectivity index (χ4n) is 1.79. The van der Waals surface area contributed by atoms with E-state index >= 15 is 0 Å². The summed E-state index contributed by atoms with van der Waals surface area (Å²) in [4.78, 5) is 0. The molecule has 1 aromatic rings. The van der Waals surface area contributed by atoms with Gasteiger partial charge in [0.2, 0.25) is 0 Å². The van der Waals surface area contributed by atoms with Crippen molar-refractivity contribution in [1.29, 1.82) is 0 Å². The lowest BCUT2D eigenvalue weighted by molar-refractivity contribution is 0.414. The van der Waals surface area contributed by atoms with Gasteiger partial charge in [-0.25, -0.2) is 0 Å². The summed E-state index contributed by atoms with van der Waals surface area (Å²) in [6, 6.07) is 8.84. The molecule has 1 rings (SSSR count). The molecule has 0 amide bonds. The zero-order valence-electron chi connectivity index (χ0n) is 11.8. The molecule has 2 nitrogen and oxygen atoms in total. The summed E-state index contributed by atoms with van der Waals surface area (Å²) in [6.45, 7) is 3.26. The molecule has 0 saturated heterocycles. The normalized spacial score (nSPS) is 11.8. The van der Waals surface area contributed by atoms with Crippen LogP contribution in [0.2, 0.25) is 0 Å². The molecule has 1 unspecified atom stereocenters. The number of benzene rings is 1. The first-order chi connectivity index (χ1) is 9.26. The summed E-state index contributed by atoms with van der Waals surface area (Å²) in [5.41, 5.74) is 1.36. The Morgan fingerprint density at radius 2 is 2.11 bits per heavy atom. The summed E-state index contributed by atoms with van der Waals surface area (Å²) in [5, 5.41) is 3.52. The number of hydrogen-bond acceptors (Lipinski definition) is 3. The largest absolute Gasteiger partial charge is 0.497 e. The van der Waals surface area contributed by atoms with Gasteiger partial charge in [0.15, 0.2) is 0 Å². The summed E-state index contributed by atoms with van der Waals surface area (Å²) >= 11 is 1.80. The van der Waals surface area contributed by atoms with Crippen molar-refractivity contribution < 1.29 is 4.74 Å². The quantitative estimate of drug-likeness (QED) is 0.554. The standard InChI is InChI=1S/C16H23NOS/c1-4-12-19-13-11-17-14(2)5-6-15-7-9-16(18-3)10-8-15/h1,7-10,14,17H,5-6,11-13H2,2-3H3. The predicted octanol–water partition coefficient (Wildman–Crippen LogP) is 2.97. The second-order valence-electron chi connectivity index (χ2n) is 4.50. The van der Waals surface area contributed by atoms with Crippen LogP contribution in [0.1, 0.15) is 18.9 Å². The Bertz CT molecular complexity index is 383. The highest BCUT2D eigenvalue weighted by atomic mass is 32.2. The maximum atomic E-state index is 5.20. The van der Waals surface area contributed by atoms with Crippen LogP contribution in [-0.4, -0.2) is 31.2 Å². The molecule has 0 spiro atoms. The van der Waals surface area contributed by atoms with Gasteiger partial charge in [-0.15, -0.1) is 18.2 Å². The van der Waals surface area contributed by atoms with Crippen LogP contribution < -0.4 is 10.1 Å². The summed E-state index contributed by atoms with van der Waals surface area (Å²) in [7, 11) is 1.69. The van der Waals surface area contributed by atoms with Gasteiger partial charge in [0.05, 0.1) is 12.9 Å². The van der Waals surface area contributed by atoms with Gasteiger partial charge in [0.25, 0.3) is 0 Å². The van der Waals surface area contributed by atoms with Gasteiger partial charge in [-0.3, -0.25) is 0 Å². The smallest absolute Gasteiger partial charge is 0.118 e. The Balaban J connectivity index is 2.15. The van der Waals surface area contributed by atoms with E-state index in [1.165, 1.54) is 5.56 Å². The lowest BCUT2D eigenvalue weighted by atomic mass is 10.1. The Kier molecular flexibility index (Phi) is 8.20. The maximum absolute atomic E-state index is 5.20. The molecule has 0 aliphatic rings. The number of methoxy groups -OCH3 is 1. The van der Waals surface area contributed by atoms with Crippen LogP contribution in [0.15, 0.2) is 24.3 Å². The Morgan fingerprint density at radius 1 is 1.37 bits per heavy atom. The molecule has 0 bridgehead atoms. The summed E-state index contributed by atoms with van der Waals surface area (Å²) in [6.07, 6.45) is 7.44. The lowest BCUT2D eigenvalue weighted by Crippen LogP contribution is -2.28. The molecule has 0 aromatic heterocycles. The van der Waals surface area contributed by atoms with Gasteiger partial charge in [-0.05, 0) is 37.5 Å². The van der Waals surface area contributed by atoms with E-state index in [4.69, 9.17) is 11.2 Å². The summed E-state index contributed by atoms with van der Waals surface area (Å²) in [5.74, 6) is 5.44. The van der Waals surface area contributed by atoms with Crippen molar-refractivity contribution in [3.05, 3.63) is 29.8 Å². The molecule has 0 heterocycles. The molecule has 0 fully saturated rings. The first kappa shape index (κ1) is 15.9. The zero-order chi connectivity index (χ0) is 13.9. The van der Waals surface area contributed by atoms with Crippen LogP contribution >= 0.6 is 11.8 Å². The van der Waals surface area contributed by atoms with Crippen molar-refractivity contribution in [2.24, 2.45) is 0 Å². The van der Waals surface area contributed by atoms with Gasteiger partial charge in [0.1, 0.15) is 5.75 Å². The van der Waals surface area contributed by atoms with Gasteiger partial charge < -0.3 is 10.1 Å². The Morgan fingerprint density at radius 3 is 2.74 bits per heavy atom. The number of aryl methyl sites for hydroxylation is 1. The molecule has 1 N–H and O–H groups in total. The lowest BCUT2D eigenvalue weighted by Gasteiger charge is -2.13. The molecule has 0 saturated carbocycles. The van der Waals surface area contributed by atoms with E-state index in [0.29, 0.717) is 6.04 Å². The average Bonchev–Trinajstić information content (AvgIpc) is 2.45. The first-order valence-electron chi connectivity index (χ1n) is 6.63. The summed E-state index contributed by atoms with van der Waals surface area (Å²) < 4.78 is 5.15. The zero-order valence-corrected chi connectivity index (χ0v) is 12.6. The molecule has 3 heteroatoms. The SMILES string of the molecule is C#CCSCCNC(C)CCc1ccc(OC)cc1. The third kappa shape index (κ3) is 7.15. The number of ether oxygens (including phenoxy) is 1. The Labute approximate surface area is 121 Å². The Hall–Kier alpha value is -1.11. The van der Waals surface area contributed by atoms with E-state index in [1.807, 2.05) is 12.1 Å². The second kappa shape index (κ2) is 9.77. The number of rotatable bonds is 9. The van der Waals surface area contributed by atoms with E-state index in [2.05, 4.69) is 30.3 Å². The van der Waals surface area contributed by atoms with E-state index in [9.17, 15) is 0 Å². The highest BCUT2D eigenvalue weighted by molar-refractivity contribution is 7.99. The van der Waals surface area contributed by atoms with Crippen LogP contribution in [0.3, 0.4) is 0 Å². The van der Waals surface area contributed by atoms with E-state index in [0.717, 1.165) is 36.6 Å². The van der Waals surface area contributed by atoms with Crippen LogP contribution in [0.25, 0.3) is 0 Å². The van der Waals surface area contributed by atoms with Crippen molar-refractivity contribution >= 4 is 11.8 Å². The molecule has 0 aliphatic heterocycles. The van der Waals surface area contributed by atoms with E-state index < -0.39 is 0 Å². The van der Waals surface area contributed by atoms with Gasteiger partial charge >= 0.3 is 0 Å². The number of thioether (sulfide) groups is 1. The number of hydrogen-bond donors (Lipinski definition) is 1. The van der Waals surface area contributed by atoms with Crippen LogP contribution in [0.5, 0.6) is 5.75 Å². The minimum atomic E-state index is 0.536. The molecule has 1 atom stereocenters.